The molecule has 0 bridgehead atoms. The van der Waals surface area contributed by atoms with Crippen molar-refractivity contribution in [3.05, 3.63) is 47.2 Å². The number of hydrogen-bond donors (Lipinski definition) is 2. The molecule has 1 aliphatic rings. The third kappa shape index (κ3) is 5.06. The lowest BCUT2D eigenvalue weighted by molar-refractivity contribution is 0.240. The summed E-state index contributed by atoms with van der Waals surface area (Å²) in [4.78, 5) is 25.1. The molecule has 138 valence electrons. The quantitative estimate of drug-likeness (QED) is 0.840. The van der Waals surface area contributed by atoms with Crippen LogP contribution in [-0.4, -0.2) is 60.2 Å². The van der Waals surface area contributed by atoms with E-state index in [4.69, 9.17) is 11.6 Å². The number of aromatic nitrogens is 2. The lowest BCUT2D eigenvalue weighted by Crippen LogP contribution is -2.49. The molecule has 26 heavy (non-hydrogen) atoms. The summed E-state index contributed by atoms with van der Waals surface area (Å²) in [6, 6.07) is 7.12. The lowest BCUT2D eigenvalue weighted by Gasteiger charge is -2.34. The largest absolute Gasteiger partial charge is 0.338 e. The van der Waals surface area contributed by atoms with E-state index < -0.39 is 0 Å². The van der Waals surface area contributed by atoms with Gasteiger partial charge in [0.15, 0.2) is 0 Å². The van der Waals surface area contributed by atoms with Crippen LogP contribution < -0.4 is 15.5 Å². The van der Waals surface area contributed by atoms with Crippen LogP contribution in [0, 0.1) is 6.92 Å². The fraction of sp³-hybridized carbons (Fsp3) is 0.389. The first-order valence-electron chi connectivity index (χ1n) is 8.67. The highest BCUT2D eigenvalue weighted by atomic mass is 35.5. The minimum Gasteiger partial charge on any atom is -0.338 e. The monoisotopic (exact) mass is 374 g/mol. The van der Waals surface area contributed by atoms with E-state index in [1.807, 2.05) is 31.2 Å². The van der Waals surface area contributed by atoms with Crippen LogP contribution >= 0.6 is 11.6 Å². The Kier molecular flexibility index (Phi) is 6.25. The van der Waals surface area contributed by atoms with Gasteiger partial charge in [-0.2, -0.15) is 0 Å². The van der Waals surface area contributed by atoms with Crippen molar-refractivity contribution >= 4 is 29.3 Å². The molecule has 8 heteroatoms. The number of amides is 2. The normalized spacial score (nSPS) is 14.9. The van der Waals surface area contributed by atoms with Gasteiger partial charge in [-0.3, -0.25) is 4.90 Å². The smallest absolute Gasteiger partial charge is 0.319 e. The van der Waals surface area contributed by atoms with Gasteiger partial charge >= 0.3 is 6.03 Å². The van der Waals surface area contributed by atoms with Crippen molar-refractivity contribution in [2.75, 3.05) is 49.5 Å². The van der Waals surface area contributed by atoms with Crippen molar-refractivity contribution in [2.24, 2.45) is 0 Å². The third-order valence-electron chi connectivity index (χ3n) is 4.29. The van der Waals surface area contributed by atoms with Gasteiger partial charge in [-0.1, -0.05) is 17.7 Å². The zero-order valence-corrected chi connectivity index (χ0v) is 15.5. The summed E-state index contributed by atoms with van der Waals surface area (Å²) in [6.07, 6.45) is 3.52. The van der Waals surface area contributed by atoms with Gasteiger partial charge < -0.3 is 15.5 Å². The zero-order chi connectivity index (χ0) is 18.4. The van der Waals surface area contributed by atoms with E-state index in [0.29, 0.717) is 17.3 Å². The van der Waals surface area contributed by atoms with Crippen LogP contribution in [0.4, 0.5) is 16.4 Å². The van der Waals surface area contributed by atoms with Gasteiger partial charge in [-0.05, 0) is 30.7 Å². The number of urea groups is 1. The first-order valence-corrected chi connectivity index (χ1v) is 9.05. The number of halogens is 1. The van der Waals surface area contributed by atoms with E-state index in [2.05, 4.69) is 30.4 Å². The van der Waals surface area contributed by atoms with Crippen LogP contribution in [-0.2, 0) is 0 Å². The fourth-order valence-electron chi connectivity index (χ4n) is 2.84. The second kappa shape index (κ2) is 8.82. The number of carbonyl (C=O) groups is 1. The van der Waals surface area contributed by atoms with E-state index in [1.165, 1.54) is 0 Å². The average Bonchev–Trinajstić information content (AvgIpc) is 2.65. The molecule has 3 rings (SSSR count). The highest BCUT2D eigenvalue weighted by Gasteiger charge is 2.18. The topological polar surface area (TPSA) is 73.4 Å². The lowest BCUT2D eigenvalue weighted by atomic mass is 10.2. The van der Waals surface area contributed by atoms with Crippen LogP contribution in [0.15, 0.2) is 36.7 Å². The molecule has 0 spiro atoms. The number of anilines is 2. The van der Waals surface area contributed by atoms with Gasteiger partial charge in [0.2, 0.25) is 5.95 Å². The minimum atomic E-state index is -0.243. The summed E-state index contributed by atoms with van der Waals surface area (Å²) in [5, 5.41) is 6.19. The van der Waals surface area contributed by atoms with Gasteiger partial charge in [0, 0.05) is 51.7 Å². The Hall–Kier alpha value is -2.38. The Morgan fingerprint density at radius 2 is 1.92 bits per heavy atom. The van der Waals surface area contributed by atoms with Crippen molar-refractivity contribution in [1.82, 2.24) is 20.2 Å². The highest BCUT2D eigenvalue weighted by molar-refractivity contribution is 6.33. The summed E-state index contributed by atoms with van der Waals surface area (Å²) in [6.45, 7) is 6.95. The van der Waals surface area contributed by atoms with E-state index in [0.717, 1.165) is 44.2 Å². The Morgan fingerprint density at radius 3 is 2.62 bits per heavy atom. The number of benzene rings is 1. The maximum atomic E-state index is 12.0. The Labute approximate surface area is 158 Å². The molecule has 0 saturated carbocycles. The molecule has 1 saturated heterocycles. The van der Waals surface area contributed by atoms with Crippen molar-refractivity contribution in [3.8, 4) is 0 Å². The molecule has 0 atom stereocenters. The van der Waals surface area contributed by atoms with Crippen molar-refractivity contribution in [1.29, 1.82) is 0 Å². The fourth-order valence-corrected chi connectivity index (χ4v) is 3.12. The summed E-state index contributed by atoms with van der Waals surface area (Å²) in [5.41, 5.74) is 1.67. The molecule has 1 aromatic carbocycles. The van der Waals surface area contributed by atoms with E-state index in [9.17, 15) is 4.79 Å². The molecule has 2 heterocycles. The summed E-state index contributed by atoms with van der Waals surface area (Å²) in [5.74, 6) is 0.777. The molecule has 0 unspecified atom stereocenters. The third-order valence-corrected chi connectivity index (χ3v) is 4.61. The highest BCUT2D eigenvalue weighted by Crippen LogP contribution is 2.22. The van der Waals surface area contributed by atoms with Gasteiger partial charge in [0.05, 0.1) is 10.7 Å². The Balaban J connectivity index is 1.37. The summed E-state index contributed by atoms with van der Waals surface area (Å²) < 4.78 is 0. The maximum absolute atomic E-state index is 12.0. The number of piperazine rings is 1. The summed E-state index contributed by atoms with van der Waals surface area (Å²) >= 11 is 6.13. The molecule has 0 radical (unpaired) electrons. The molecule has 1 aliphatic heterocycles. The first kappa shape index (κ1) is 18.4. The standard InChI is InChI=1S/C18H23ClN6O/c1-14-3-4-16(15(19)13-14)23-18(26)22-7-8-24-9-11-25(12-10-24)17-20-5-2-6-21-17/h2-6,13H,7-12H2,1H3,(H2,22,23,26). The van der Waals surface area contributed by atoms with Gasteiger partial charge in [0.25, 0.3) is 0 Å². The molecular formula is C18H23ClN6O. The maximum Gasteiger partial charge on any atom is 0.319 e. The number of nitrogens with zero attached hydrogens (tertiary/aromatic N) is 4. The minimum absolute atomic E-state index is 0.243. The van der Waals surface area contributed by atoms with Gasteiger partial charge in [-0.15, -0.1) is 0 Å². The van der Waals surface area contributed by atoms with E-state index in [-0.39, 0.29) is 6.03 Å². The number of aryl methyl sites for hydroxylation is 1. The van der Waals surface area contributed by atoms with Gasteiger partial charge in [-0.25, -0.2) is 14.8 Å². The predicted octanol–water partition coefficient (Wildman–Crippen LogP) is 2.38. The van der Waals surface area contributed by atoms with Crippen LogP contribution in [0.2, 0.25) is 5.02 Å². The van der Waals surface area contributed by atoms with Gasteiger partial charge in [0.1, 0.15) is 0 Å². The first-order chi connectivity index (χ1) is 12.6. The number of carbonyl (C=O) groups excluding carboxylic acids is 1. The molecule has 0 aliphatic carbocycles. The van der Waals surface area contributed by atoms with Crippen LogP contribution in [0.5, 0.6) is 0 Å². The average molecular weight is 375 g/mol. The number of nitrogens with one attached hydrogen (secondary N) is 2. The molecule has 2 aromatic rings. The molecule has 1 fully saturated rings. The zero-order valence-electron chi connectivity index (χ0n) is 14.8. The summed E-state index contributed by atoms with van der Waals surface area (Å²) in [7, 11) is 0. The predicted molar refractivity (Wildman–Crippen MR) is 104 cm³/mol. The van der Waals surface area contributed by atoms with Crippen molar-refractivity contribution in [2.45, 2.75) is 6.92 Å². The Morgan fingerprint density at radius 1 is 1.19 bits per heavy atom. The molecular weight excluding hydrogens is 352 g/mol. The molecule has 2 N–H and O–H groups in total. The number of hydrogen-bond acceptors (Lipinski definition) is 5. The SMILES string of the molecule is Cc1ccc(NC(=O)NCCN2CCN(c3ncccn3)CC2)c(Cl)c1. The molecule has 1 aromatic heterocycles. The van der Waals surface area contributed by atoms with Crippen molar-refractivity contribution < 1.29 is 4.79 Å². The second-order valence-corrected chi connectivity index (χ2v) is 6.65. The van der Waals surface area contributed by atoms with Crippen LogP contribution in [0.1, 0.15) is 5.56 Å². The van der Waals surface area contributed by atoms with Crippen molar-refractivity contribution in [3.63, 3.8) is 0 Å². The van der Waals surface area contributed by atoms with E-state index in [1.54, 1.807) is 12.4 Å². The van der Waals surface area contributed by atoms with Crippen LogP contribution in [0.25, 0.3) is 0 Å². The molecule has 2 amide bonds. The van der Waals surface area contributed by atoms with E-state index >= 15 is 0 Å². The second-order valence-electron chi connectivity index (χ2n) is 6.24. The molecule has 7 nitrogen and oxygen atoms in total. The van der Waals surface area contributed by atoms with Crippen LogP contribution in [0.3, 0.4) is 0 Å². The Bertz CT molecular complexity index is 734. The number of rotatable bonds is 5.